The standard InChI is InChI=1S/C15H22N2OS/c1-11-2-5-17-13(8-11)14(16)12-3-6-18-15(9-12)4-7-19-10-15/h2,5,8,12,14H,3-4,6-7,9-10,16H2,1H3. The van der Waals surface area contributed by atoms with Crippen LogP contribution in [-0.4, -0.2) is 28.7 Å². The van der Waals surface area contributed by atoms with Gasteiger partial charge < -0.3 is 10.5 Å². The first kappa shape index (κ1) is 13.4. The molecule has 0 aliphatic carbocycles. The zero-order valence-electron chi connectivity index (χ0n) is 11.5. The van der Waals surface area contributed by atoms with E-state index < -0.39 is 0 Å². The second-order valence-electron chi connectivity index (χ2n) is 5.87. The van der Waals surface area contributed by atoms with Crippen molar-refractivity contribution in [3.63, 3.8) is 0 Å². The highest BCUT2D eigenvalue weighted by atomic mass is 32.2. The minimum atomic E-state index is 0.0475. The summed E-state index contributed by atoms with van der Waals surface area (Å²) in [5, 5.41) is 0. The van der Waals surface area contributed by atoms with Crippen molar-refractivity contribution in [3.8, 4) is 0 Å². The lowest BCUT2D eigenvalue weighted by Crippen LogP contribution is -2.42. The van der Waals surface area contributed by atoms with E-state index >= 15 is 0 Å². The predicted octanol–water partition coefficient (Wildman–Crippen LogP) is 2.69. The largest absolute Gasteiger partial charge is 0.374 e. The molecule has 1 aromatic heterocycles. The lowest BCUT2D eigenvalue weighted by atomic mass is 9.80. The molecule has 2 N–H and O–H groups in total. The highest BCUT2D eigenvalue weighted by Gasteiger charge is 2.42. The van der Waals surface area contributed by atoms with Gasteiger partial charge in [-0.1, -0.05) is 0 Å². The highest BCUT2D eigenvalue weighted by Crippen LogP contribution is 2.43. The van der Waals surface area contributed by atoms with Crippen molar-refractivity contribution in [2.45, 2.75) is 37.8 Å². The lowest BCUT2D eigenvalue weighted by Gasteiger charge is -2.39. The lowest BCUT2D eigenvalue weighted by molar-refractivity contribution is -0.0836. The minimum Gasteiger partial charge on any atom is -0.374 e. The van der Waals surface area contributed by atoms with E-state index in [2.05, 4.69) is 18.0 Å². The van der Waals surface area contributed by atoms with E-state index in [0.29, 0.717) is 5.92 Å². The molecule has 104 valence electrons. The Balaban J connectivity index is 1.74. The van der Waals surface area contributed by atoms with Gasteiger partial charge in [0, 0.05) is 18.6 Å². The van der Waals surface area contributed by atoms with Gasteiger partial charge in [-0.2, -0.15) is 11.8 Å². The van der Waals surface area contributed by atoms with Crippen LogP contribution in [0.15, 0.2) is 18.3 Å². The molecule has 2 saturated heterocycles. The van der Waals surface area contributed by atoms with Gasteiger partial charge in [-0.15, -0.1) is 0 Å². The quantitative estimate of drug-likeness (QED) is 0.903. The van der Waals surface area contributed by atoms with Gasteiger partial charge in [0.25, 0.3) is 0 Å². The van der Waals surface area contributed by atoms with Crippen LogP contribution in [0.2, 0.25) is 0 Å². The molecular weight excluding hydrogens is 256 g/mol. The fourth-order valence-corrected chi connectivity index (χ4v) is 4.60. The van der Waals surface area contributed by atoms with Crippen molar-refractivity contribution >= 4 is 11.8 Å². The number of aryl methyl sites for hydroxylation is 1. The molecule has 0 saturated carbocycles. The molecule has 2 aliphatic heterocycles. The molecule has 0 bridgehead atoms. The average Bonchev–Trinajstić information content (AvgIpc) is 2.86. The molecule has 2 fully saturated rings. The molecule has 2 aliphatic rings. The number of hydrogen-bond acceptors (Lipinski definition) is 4. The van der Waals surface area contributed by atoms with E-state index in [0.717, 1.165) is 30.9 Å². The molecule has 0 amide bonds. The Bertz CT molecular complexity index is 446. The molecule has 3 heterocycles. The van der Waals surface area contributed by atoms with Crippen molar-refractivity contribution in [1.29, 1.82) is 0 Å². The summed E-state index contributed by atoms with van der Waals surface area (Å²) < 4.78 is 6.07. The monoisotopic (exact) mass is 278 g/mol. The first-order valence-corrected chi connectivity index (χ1v) is 8.24. The van der Waals surface area contributed by atoms with Crippen molar-refractivity contribution in [3.05, 3.63) is 29.6 Å². The van der Waals surface area contributed by atoms with Crippen molar-refractivity contribution in [2.75, 3.05) is 18.1 Å². The smallest absolute Gasteiger partial charge is 0.0783 e. The number of pyridine rings is 1. The summed E-state index contributed by atoms with van der Waals surface area (Å²) in [5.41, 5.74) is 8.84. The van der Waals surface area contributed by atoms with Crippen LogP contribution in [0.5, 0.6) is 0 Å². The van der Waals surface area contributed by atoms with Gasteiger partial charge in [0.15, 0.2) is 0 Å². The third-order valence-corrected chi connectivity index (χ3v) is 5.61. The van der Waals surface area contributed by atoms with Crippen LogP contribution >= 0.6 is 11.8 Å². The van der Waals surface area contributed by atoms with Crippen LogP contribution in [0, 0.1) is 12.8 Å². The molecule has 3 unspecified atom stereocenters. The fraction of sp³-hybridized carbons (Fsp3) is 0.667. The third-order valence-electron chi connectivity index (χ3n) is 4.38. The van der Waals surface area contributed by atoms with Gasteiger partial charge in [0.05, 0.1) is 17.3 Å². The van der Waals surface area contributed by atoms with E-state index in [4.69, 9.17) is 10.5 Å². The average molecular weight is 278 g/mol. The summed E-state index contributed by atoms with van der Waals surface area (Å²) in [6.07, 6.45) is 5.20. The van der Waals surface area contributed by atoms with Crippen molar-refractivity contribution in [2.24, 2.45) is 11.7 Å². The maximum Gasteiger partial charge on any atom is 0.0783 e. The molecule has 3 nitrogen and oxygen atoms in total. The zero-order valence-corrected chi connectivity index (χ0v) is 12.3. The second kappa shape index (κ2) is 5.43. The summed E-state index contributed by atoms with van der Waals surface area (Å²) in [4.78, 5) is 4.46. The Morgan fingerprint density at radius 1 is 1.58 bits per heavy atom. The van der Waals surface area contributed by atoms with Crippen LogP contribution in [0.25, 0.3) is 0 Å². The highest BCUT2D eigenvalue weighted by molar-refractivity contribution is 7.99. The number of aromatic nitrogens is 1. The molecule has 0 aromatic carbocycles. The first-order chi connectivity index (χ1) is 9.19. The molecule has 0 radical (unpaired) electrons. The van der Waals surface area contributed by atoms with Crippen LogP contribution < -0.4 is 5.73 Å². The van der Waals surface area contributed by atoms with Gasteiger partial charge >= 0.3 is 0 Å². The summed E-state index contributed by atoms with van der Waals surface area (Å²) in [5.74, 6) is 2.86. The number of ether oxygens (including phenoxy) is 1. The Morgan fingerprint density at radius 2 is 2.47 bits per heavy atom. The SMILES string of the molecule is Cc1ccnc(C(N)C2CCOC3(CCSC3)C2)c1. The number of rotatable bonds is 2. The van der Waals surface area contributed by atoms with Crippen LogP contribution in [0.3, 0.4) is 0 Å². The van der Waals surface area contributed by atoms with Crippen molar-refractivity contribution in [1.82, 2.24) is 4.98 Å². The van der Waals surface area contributed by atoms with Gasteiger partial charge in [-0.05, 0) is 55.6 Å². The molecular formula is C15H22N2OS. The number of thioether (sulfide) groups is 1. The van der Waals surface area contributed by atoms with E-state index in [1.54, 1.807) is 0 Å². The fourth-order valence-electron chi connectivity index (χ4n) is 3.22. The minimum absolute atomic E-state index is 0.0475. The number of nitrogens with zero attached hydrogens (tertiary/aromatic N) is 1. The van der Waals surface area contributed by atoms with E-state index in [9.17, 15) is 0 Å². The van der Waals surface area contributed by atoms with Gasteiger partial charge in [-0.3, -0.25) is 4.98 Å². The third kappa shape index (κ3) is 2.81. The predicted molar refractivity (Wildman–Crippen MR) is 79.3 cm³/mol. The Kier molecular flexibility index (Phi) is 3.83. The van der Waals surface area contributed by atoms with Gasteiger partial charge in [0.1, 0.15) is 0 Å². The topological polar surface area (TPSA) is 48.1 Å². The Hall–Kier alpha value is -0.580. The van der Waals surface area contributed by atoms with E-state index in [-0.39, 0.29) is 11.6 Å². The Morgan fingerprint density at radius 3 is 3.21 bits per heavy atom. The maximum absolute atomic E-state index is 6.46. The number of nitrogens with two attached hydrogens (primary N) is 1. The summed E-state index contributed by atoms with van der Waals surface area (Å²) in [6, 6.07) is 4.19. The summed E-state index contributed by atoms with van der Waals surface area (Å²) >= 11 is 2.01. The molecule has 3 rings (SSSR count). The molecule has 4 heteroatoms. The summed E-state index contributed by atoms with van der Waals surface area (Å²) in [6.45, 7) is 2.95. The van der Waals surface area contributed by atoms with Crippen molar-refractivity contribution < 1.29 is 4.74 Å². The summed E-state index contributed by atoms with van der Waals surface area (Å²) in [7, 11) is 0. The van der Waals surface area contributed by atoms with Crippen LogP contribution in [-0.2, 0) is 4.74 Å². The maximum atomic E-state index is 6.46. The van der Waals surface area contributed by atoms with Gasteiger partial charge in [0.2, 0.25) is 0 Å². The Labute approximate surface area is 119 Å². The molecule has 1 aromatic rings. The zero-order chi connectivity index (χ0) is 13.3. The van der Waals surface area contributed by atoms with Crippen LogP contribution in [0.4, 0.5) is 0 Å². The normalized spacial score (nSPS) is 32.6. The second-order valence-corrected chi connectivity index (χ2v) is 6.98. The molecule has 19 heavy (non-hydrogen) atoms. The first-order valence-electron chi connectivity index (χ1n) is 7.08. The van der Waals surface area contributed by atoms with E-state index in [1.807, 2.05) is 24.0 Å². The molecule has 3 atom stereocenters. The van der Waals surface area contributed by atoms with Gasteiger partial charge in [-0.25, -0.2) is 0 Å². The molecule has 1 spiro atoms. The van der Waals surface area contributed by atoms with Crippen LogP contribution in [0.1, 0.15) is 36.6 Å². The van der Waals surface area contributed by atoms with E-state index in [1.165, 1.54) is 17.7 Å². The number of hydrogen-bond donors (Lipinski definition) is 1.